The number of nitrogens with two attached hydrogens (primary N) is 1. The van der Waals surface area contributed by atoms with Gasteiger partial charge in [0.15, 0.2) is 11.6 Å². The maximum absolute atomic E-state index is 16.5. The van der Waals surface area contributed by atoms with Crippen molar-refractivity contribution >= 4 is 22.2 Å². The highest BCUT2D eigenvalue weighted by Crippen LogP contribution is 2.35. The van der Waals surface area contributed by atoms with E-state index in [9.17, 15) is 0 Å². The van der Waals surface area contributed by atoms with E-state index < -0.39 is 5.82 Å². The maximum atomic E-state index is 16.5. The van der Waals surface area contributed by atoms with E-state index in [4.69, 9.17) is 10.7 Å². The van der Waals surface area contributed by atoms with E-state index in [2.05, 4.69) is 45.3 Å². The molecule has 0 unspecified atom stereocenters. The number of fused-ring (bicyclic) bond motifs is 2. The van der Waals surface area contributed by atoms with Crippen LogP contribution >= 0.6 is 0 Å². The number of H-pyrrole nitrogens is 1. The van der Waals surface area contributed by atoms with Crippen LogP contribution in [0.2, 0.25) is 0 Å². The number of nitrogens with one attached hydrogen (secondary N) is 2. The first kappa shape index (κ1) is 25.7. The molecule has 9 nitrogen and oxygen atoms in total. The van der Waals surface area contributed by atoms with Crippen LogP contribution in [0.3, 0.4) is 0 Å². The summed E-state index contributed by atoms with van der Waals surface area (Å²) in [5, 5.41) is 8.42. The summed E-state index contributed by atoms with van der Waals surface area (Å²) < 4.78 is 20.0. The zero-order valence-electron chi connectivity index (χ0n) is 23.1. The monoisotopic (exact) mass is 537 g/mol. The lowest BCUT2D eigenvalue weighted by molar-refractivity contribution is 0.629. The molecule has 204 valence electrons. The molecule has 0 aliphatic heterocycles. The summed E-state index contributed by atoms with van der Waals surface area (Å²) in [6.45, 7) is 7.64. The quantitative estimate of drug-likeness (QED) is 0.332. The Hall–Kier alpha value is -4.57. The van der Waals surface area contributed by atoms with Gasteiger partial charge >= 0.3 is 0 Å². The average molecular weight is 538 g/mol. The van der Waals surface area contributed by atoms with E-state index in [-0.39, 0.29) is 0 Å². The fourth-order valence-electron chi connectivity index (χ4n) is 5.20. The molecule has 0 bridgehead atoms. The van der Waals surface area contributed by atoms with Crippen molar-refractivity contribution in [1.82, 2.24) is 39.6 Å². The van der Waals surface area contributed by atoms with Crippen molar-refractivity contribution in [3.63, 3.8) is 0 Å². The third-order valence-corrected chi connectivity index (χ3v) is 7.18. The topological polar surface area (TPSA) is 115 Å². The highest BCUT2D eigenvalue weighted by atomic mass is 19.1. The number of aromatic amines is 1. The van der Waals surface area contributed by atoms with Crippen LogP contribution in [0.5, 0.6) is 0 Å². The Morgan fingerprint density at radius 2 is 1.98 bits per heavy atom. The summed E-state index contributed by atoms with van der Waals surface area (Å²) in [6, 6.07) is 0. The average Bonchev–Trinajstić information content (AvgIpc) is 3.56. The van der Waals surface area contributed by atoms with Crippen molar-refractivity contribution in [2.24, 2.45) is 12.8 Å². The molecule has 6 rings (SSSR count). The van der Waals surface area contributed by atoms with Crippen LogP contribution in [0.25, 0.3) is 33.7 Å². The van der Waals surface area contributed by atoms with E-state index in [1.54, 1.807) is 24.3 Å². The highest BCUT2D eigenvalue weighted by Gasteiger charge is 2.25. The van der Waals surface area contributed by atoms with E-state index in [1.165, 1.54) is 5.57 Å². The van der Waals surface area contributed by atoms with Gasteiger partial charge in [0.25, 0.3) is 0 Å². The number of hydrogen-bond donors (Lipinski definition) is 3. The molecule has 2 aliphatic carbocycles. The smallest absolute Gasteiger partial charge is 0.161 e. The predicted octanol–water partition coefficient (Wildman–Crippen LogP) is 4.56. The van der Waals surface area contributed by atoms with Gasteiger partial charge in [-0.1, -0.05) is 24.6 Å². The van der Waals surface area contributed by atoms with Crippen LogP contribution in [-0.4, -0.2) is 47.4 Å². The number of rotatable bonds is 6. The van der Waals surface area contributed by atoms with Crippen molar-refractivity contribution in [3.05, 3.63) is 94.5 Å². The molecule has 2 aliphatic rings. The zero-order valence-corrected chi connectivity index (χ0v) is 23.1. The van der Waals surface area contributed by atoms with E-state index in [0.29, 0.717) is 46.8 Å². The highest BCUT2D eigenvalue weighted by molar-refractivity contribution is 5.94. The molecule has 4 aromatic heterocycles. The Labute approximate surface area is 231 Å². The second-order valence-corrected chi connectivity index (χ2v) is 10.3. The second-order valence-electron chi connectivity index (χ2n) is 10.3. The van der Waals surface area contributed by atoms with Crippen molar-refractivity contribution in [2.75, 3.05) is 13.1 Å². The first-order chi connectivity index (χ1) is 19.3. The number of halogens is 1. The number of nitrogens with zero attached hydrogens (tertiary/aromatic N) is 6. The maximum Gasteiger partial charge on any atom is 0.161 e. The number of pyridine rings is 1. The molecule has 0 aromatic carbocycles. The fraction of sp³-hybridized carbons (Fsp3) is 0.267. The van der Waals surface area contributed by atoms with E-state index in [0.717, 1.165) is 46.9 Å². The minimum absolute atomic E-state index is 0.300. The van der Waals surface area contributed by atoms with Gasteiger partial charge in [0.1, 0.15) is 17.1 Å². The summed E-state index contributed by atoms with van der Waals surface area (Å²) >= 11 is 0. The largest absolute Gasteiger partial charge is 0.402 e. The minimum Gasteiger partial charge on any atom is -0.402 e. The molecule has 40 heavy (non-hydrogen) atoms. The molecule has 0 radical (unpaired) electrons. The van der Waals surface area contributed by atoms with Crippen LogP contribution in [0.4, 0.5) is 4.39 Å². The Balaban J connectivity index is 1.48. The third kappa shape index (κ3) is 4.60. The molecule has 10 heteroatoms. The van der Waals surface area contributed by atoms with Crippen LogP contribution < -0.4 is 11.1 Å². The SMILES string of the molecule is CCNCC1=CC(c2ncc3c(c(-c4nc5c([nH]4)CC(N)=CC=C5n4cnc(C)c4)nn3C)c2F)=CCC(C)=C1. The van der Waals surface area contributed by atoms with Crippen LogP contribution in [0.15, 0.2) is 65.9 Å². The normalized spacial score (nSPS) is 15.6. The molecule has 0 fully saturated rings. The molecule has 4 aromatic rings. The fourth-order valence-corrected chi connectivity index (χ4v) is 5.20. The number of aromatic nitrogens is 7. The lowest BCUT2D eigenvalue weighted by Crippen LogP contribution is -2.15. The van der Waals surface area contributed by atoms with Crippen LogP contribution in [0, 0.1) is 12.7 Å². The van der Waals surface area contributed by atoms with Crippen LogP contribution in [-0.2, 0) is 13.5 Å². The lowest BCUT2D eigenvalue weighted by atomic mass is 10.1. The number of allylic oxidation sites excluding steroid dienone is 7. The van der Waals surface area contributed by atoms with Crippen molar-refractivity contribution in [3.8, 4) is 11.5 Å². The summed E-state index contributed by atoms with van der Waals surface area (Å²) in [7, 11) is 1.79. The standard InChI is InChI=1S/C30H32FN9/c1-5-33-13-19-10-17(2)6-7-20(11-19)27-26(31)25-24(14-34-27)39(4)38-29(25)30-36-22-12-21(32)8-9-23(28(22)37-30)40-15-18(3)35-16-40/h7-11,14-16,33H,5-6,12-13,32H2,1-4H3,(H,36,37). The van der Waals surface area contributed by atoms with Crippen molar-refractivity contribution in [1.29, 1.82) is 0 Å². The second kappa shape index (κ2) is 10.2. The number of hydrogen-bond acceptors (Lipinski definition) is 6. The first-order valence-electron chi connectivity index (χ1n) is 13.4. The molecule has 0 spiro atoms. The van der Waals surface area contributed by atoms with Crippen LogP contribution in [0.1, 0.15) is 43.0 Å². The molecule has 0 amide bonds. The summed E-state index contributed by atoms with van der Waals surface area (Å²) in [5.74, 6) is 0.0530. The van der Waals surface area contributed by atoms with Crippen molar-refractivity contribution < 1.29 is 4.39 Å². The molecular formula is C30H32FN9. The van der Waals surface area contributed by atoms with E-state index in [1.807, 2.05) is 42.0 Å². The van der Waals surface area contributed by atoms with Gasteiger partial charge in [0.05, 0.1) is 40.5 Å². The predicted molar refractivity (Wildman–Crippen MR) is 155 cm³/mol. The molecular weight excluding hydrogens is 505 g/mol. The summed E-state index contributed by atoms with van der Waals surface area (Å²) in [5.41, 5.74) is 14.6. The summed E-state index contributed by atoms with van der Waals surface area (Å²) in [4.78, 5) is 17.2. The molecule has 4 heterocycles. The third-order valence-electron chi connectivity index (χ3n) is 7.18. The van der Waals surface area contributed by atoms with E-state index >= 15 is 4.39 Å². The Kier molecular flexibility index (Phi) is 6.55. The number of aryl methyl sites for hydroxylation is 2. The minimum atomic E-state index is -0.419. The summed E-state index contributed by atoms with van der Waals surface area (Å²) in [6.07, 6.45) is 16.6. The van der Waals surface area contributed by atoms with Gasteiger partial charge in [-0.25, -0.2) is 14.4 Å². The van der Waals surface area contributed by atoms with Gasteiger partial charge in [0.2, 0.25) is 0 Å². The molecule has 0 saturated heterocycles. The van der Waals surface area contributed by atoms with Gasteiger partial charge in [-0.15, -0.1) is 0 Å². The van der Waals surface area contributed by atoms with Gasteiger partial charge in [-0.2, -0.15) is 5.10 Å². The molecule has 0 atom stereocenters. The number of likely N-dealkylation sites (N-methyl/N-ethyl adjacent to an activating group) is 1. The van der Waals surface area contributed by atoms with Gasteiger partial charge in [-0.05, 0) is 56.2 Å². The first-order valence-corrected chi connectivity index (χ1v) is 13.4. The van der Waals surface area contributed by atoms with Gasteiger partial charge in [0, 0.05) is 31.9 Å². The van der Waals surface area contributed by atoms with Crippen molar-refractivity contribution in [2.45, 2.75) is 33.6 Å². The zero-order chi connectivity index (χ0) is 28.0. The van der Waals surface area contributed by atoms with Gasteiger partial charge < -0.3 is 20.6 Å². The Morgan fingerprint density at radius 1 is 1.12 bits per heavy atom. The lowest BCUT2D eigenvalue weighted by Gasteiger charge is -2.07. The molecule has 4 N–H and O–H groups in total. The Bertz CT molecular complexity index is 1790. The molecule has 0 saturated carbocycles. The Morgan fingerprint density at radius 3 is 2.75 bits per heavy atom. The number of imidazole rings is 2. The van der Waals surface area contributed by atoms with Gasteiger partial charge in [-0.3, -0.25) is 9.67 Å².